The normalized spacial score (nSPS) is 13.9. The van der Waals surface area contributed by atoms with Crippen molar-refractivity contribution in [3.05, 3.63) is 76.2 Å². The average molecular weight is 492 g/mol. The first-order valence-electron chi connectivity index (χ1n) is 10.8. The number of anilines is 1. The van der Waals surface area contributed by atoms with Gasteiger partial charge in [0.2, 0.25) is 5.91 Å². The van der Waals surface area contributed by atoms with Gasteiger partial charge in [-0.1, -0.05) is 48.2 Å². The number of hydrogen-bond acceptors (Lipinski definition) is 8. The molecule has 3 heterocycles. The van der Waals surface area contributed by atoms with Crippen molar-refractivity contribution in [2.24, 2.45) is 0 Å². The predicted molar refractivity (Wildman–Crippen MR) is 135 cm³/mol. The number of fused-ring (bicyclic) bond motifs is 1. The molecule has 1 amide bonds. The fourth-order valence-corrected chi connectivity index (χ4v) is 5.56. The quantitative estimate of drug-likeness (QED) is 0.167. The van der Waals surface area contributed by atoms with Gasteiger partial charge in [0.15, 0.2) is 5.82 Å². The molecule has 8 nitrogen and oxygen atoms in total. The minimum Gasteiger partial charge on any atom is -0.362 e. The monoisotopic (exact) mass is 491 g/mol. The number of carbonyl (C=O) groups is 1. The van der Waals surface area contributed by atoms with Crippen molar-refractivity contribution >= 4 is 51.3 Å². The van der Waals surface area contributed by atoms with Gasteiger partial charge >= 0.3 is 0 Å². The second-order valence-electron chi connectivity index (χ2n) is 7.75. The summed E-state index contributed by atoms with van der Waals surface area (Å²) in [5.74, 6) is 0.977. The molecule has 5 rings (SSSR count). The summed E-state index contributed by atoms with van der Waals surface area (Å²) in [5, 5.41) is 15.1. The van der Waals surface area contributed by atoms with Crippen molar-refractivity contribution in [2.45, 2.75) is 5.03 Å². The van der Waals surface area contributed by atoms with E-state index in [4.69, 9.17) is 4.98 Å². The second-order valence-corrected chi connectivity index (χ2v) is 9.66. The van der Waals surface area contributed by atoms with Gasteiger partial charge in [-0.05, 0) is 23.6 Å². The van der Waals surface area contributed by atoms with E-state index in [2.05, 4.69) is 4.98 Å². The molecule has 4 aromatic rings. The fourth-order valence-electron chi connectivity index (χ4n) is 3.98. The summed E-state index contributed by atoms with van der Waals surface area (Å²) in [5.41, 5.74) is 1.55. The predicted octanol–water partition coefficient (Wildman–Crippen LogP) is 4.71. The number of nitrogens with zero attached hydrogens (tertiary/aromatic N) is 5. The number of para-hydroxylation sites is 3. The topological polar surface area (TPSA) is 92.5 Å². The Kier molecular flexibility index (Phi) is 6.41. The molecule has 2 aromatic carbocycles. The van der Waals surface area contributed by atoms with E-state index in [-0.39, 0.29) is 22.3 Å². The summed E-state index contributed by atoms with van der Waals surface area (Å²) in [6.07, 6.45) is 0. The van der Waals surface area contributed by atoms with E-state index in [1.165, 1.54) is 17.8 Å². The van der Waals surface area contributed by atoms with E-state index in [1.54, 1.807) is 29.5 Å². The zero-order valence-electron chi connectivity index (χ0n) is 18.2. The molecule has 10 heteroatoms. The molecule has 1 fully saturated rings. The molecule has 1 saturated heterocycles. The van der Waals surface area contributed by atoms with E-state index in [1.807, 2.05) is 51.6 Å². The van der Waals surface area contributed by atoms with Crippen LogP contribution >= 0.6 is 23.1 Å². The van der Waals surface area contributed by atoms with Crippen molar-refractivity contribution in [1.82, 2.24) is 14.9 Å². The van der Waals surface area contributed by atoms with Crippen LogP contribution in [0, 0.1) is 10.1 Å². The molecule has 0 spiro atoms. The standard InChI is InChI=1S/C24H21N5O3S2/c30-22(28-13-11-27(12-14-28)19-8-3-4-9-20(19)29(31)32)16-34-24-17-6-1-2-7-18(17)25-23(26-24)21-10-5-15-33-21/h1-10,15H,11-14,16H2. The van der Waals surface area contributed by atoms with Gasteiger partial charge in [-0.3, -0.25) is 14.9 Å². The van der Waals surface area contributed by atoms with Crippen LogP contribution in [0.25, 0.3) is 21.6 Å². The molecule has 0 saturated carbocycles. The summed E-state index contributed by atoms with van der Waals surface area (Å²) in [7, 11) is 0. The van der Waals surface area contributed by atoms with Gasteiger partial charge in [0.25, 0.3) is 5.69 Å². The highest BCUT2D eigenvalue weighted by molar-refractivity contribution is 8.00. The summed E-state index contributed by atoms with van der Waals surface area (Å²) >= 11 is 3.01. The van der Waals surface area contributed by atoms with Crippen LogP contribution in [0.2, 0.25) is 0 Å². The first kappa shape index (κ1) is 22.3. The smallest absolute Gasteiger partial charge is 0.292 e. The van der Waals surface area contributed by atoms with Crippen molar-refractivity contribution in [1.29, 1.82) is 0 Å². The number of rotatable bonds is 6. The second kappa shape index (κ2) is 9.78. The lowest BCUT2D eigenvalue weighted by atomic mass is 10.2. The van der Waals surface area contributed by atoms with Crippen LogP contribution in [0.4, 0.5) is 11.4 Å². The SMILES string of the molecule is O=C(CSc1nc(-c2cccs2)nc2ccccc12)N1CCN(c2ccccc2[N+](=O)[O-])CC1. The lowest BCUT2D eigenvalue weighted by Gasteiger charge is -2.35. The Morgan fingerprint density at radius 1 is 1.00 bits per heavy atom. The third-order valence-electron chi connectivity index (χ3n) is 5.69. The Bertz CT molecular complexity index is 1340. The zero-order valence-corrected chi connectivity index (χ0v) is 19.8. The van der Waals surface area contributed by atoms with E-state index < -0.39 is 0 Å². The van der Waals surface area contributed by atoms with Crippen molar-refractivity contribution in [3.8, 4) is 10.7 Å². The number of benzene rings is 2. The van der Waals surface area contributed by atoms with Crippen LogP contribution in [-0.2, 0) is 4.79 Å². The Balaban J connectivity index is 1.26. The maximum Gasteiger partial charge on any atom is 0.292 e. The number of amides is 1. The summed E-state index contributed by atoms with van der Waals surface area (Å²) in [6.45, 7) is 2.16. The molecule has 172 valence electrons. The number of aromatic nitrogens is 2. The fraction of sp³-hybridized carbons (Fsp3) is 0.208. The molecule has 0 bridgehead atoms. The summed E-state index contributed by atoms with van der Waals surface area (Å²) in [4.78, 5) is 38.2. The third-order valence-corrected chi connectivity index (χ3v) is 7.54. The van der Waals surface area contributed by atoms with E-state index in [0.29, 0.717) is 37.7 Å². The van der Waals surface area contributed by atoms with Crippen LogP contribution < -0.4 is 4.90 Å². The highest BCUT2D eigenvalue weighted by Crippen LogP contribution is 2.31. The number of carbonyl (C=O) groups excluding carboxylic acids is 1. The Morgan fingerprint density at radius 2 is 1.76 bits per heavy atom. The first-order chi connectivity index (χ1) is 16.6. The Labute approximate surface area is 204 Å². The molecule has 2 aromatic heterocycles. The molecule has 0 radical (unpaired) electrons. The molecule has 0 atom stereocenters. The first-order valence-corrected chi connectivity index (χ1v) is 12.7. The maximum atomic E-state index is 13.0. The van der Waals surface area contributed by atoms with Crippen molar-refractivity contribution in [2.75, 3.05) is 36.8 Å². The van der Waals surface area contributed by atoms with Gasteiger partial charge < -0.3 is 9.80 Å². The molecule has 0 aliphatic carbocycles. The molecule has 0 unspecified atom stereocenters. The molecule has 1 aliphatic rings. The lowest BCUT2D eigenvalue weighted by Crippen LogP contribution is -2.49. The number of hydrogen-bond donors (Lipinski definition) is 0. The minimum atomic E-state index is -0.361. The third kappa shape index (κ3) is 4.59. The summed E-state index contributed by atoms with van der Waals surface area (Å²) in [6, 6.07) is 18.5. The Morgan fingerprint density at radius 3 is 2.53 bits per heavy atom. The largest absolute Gasteiger partial charge is 0.362 e. The highest BCUT2D eigenvalue weighted by Gasteiger charge is 2.25. The van der Waals surface area contributed by atoms with Crippen LogP contribution in [0.3, 0.4) is 0 Å². The minimum absolute atomic E-state index is 0.0348. The molecule has 0 N–H and O–H groups in total. The Hall–Kier alpha value is -3.50. The maximum absolute atomic E-state index is 13.0. The molecular weight excluding hydrogens is 470 g/mol. The van der Waals surface area contributed by atoms with Gasteiger partial charge in [-0.15, -0.1) is 11.3 Å². The van der Waals surface area contributed by atoms with Crippen LogP contribution in [-0.4, -0.2) is 57.6 Å². The number of thiophene rings is 1. The van der Waals surface area contributed by atoms with Gasteiger partial charge in [0.1, 0.15) is 10.7 Å². The van der Waals surface area contributed by atoms with Crippen molar-refractivity contribution < 1.29 is 9.72 Å². The molecule has 1 aliphatic heterocycles. The van der Waals surface area contributed by atoms with Gasteiger partial charge in [0.05, 0.1) is 21.1 Å². The summed E-state index contributed by atoms with van der Waals surface area (Å²) < 4.78 is 0. The van der Waals surface area contributed by atoms with Crippen LogP contribution in [0.15, 0.2) is 71.1 Å². The van der Waals surface area contributed by atoms with Gasteiger partial charge in [-0.25, -0.2) is 9.97 Å². The van der Waals surface area contributed by atoms with E-state index >= 15 is 0 Å². The zero-order chi connectivity index (χ0) is 23.5. The number of thioether (sulfide) groups is 1. The number of nitro groups is 1. The molecule has 34 heavy (non-hydrogen) atoms. The lowest BCUT2D eigenvalue weighted by molar-refractivity contribution is -0.384. The van der Waals surface area contributed by atoms with Crippen LogP contribution in [0.1, 0.15) is 0 Å². The van der Waals surface area contributed by atoms with Gasteiger partial charge in [0, 0.05) is 37.6 Å². The number of nitro benzene ring substituents is 1. The van der Waals surface area contributed by atoms with E-state index in [0.717, 1.165) is 20.8 Å². The highest BCUT2D eigenvalue weighted by atomic mass is 32.2. The average Bonchev–Trinajstić information content (AvgIpc) is 3.42. The van der Waals surface area contributed by atoms with Crippen LogP contribution in [0.5, 0.6) is 0 Å². The van der Waals surface area contributed by atoms with Gasteiger partial charge in [-0.2, -0.15) is 0 Å². The van der Waals surface area contributed by atoms with E-state index in [9.17, 15) is 14.9 Å². The molecular formula is C24H21N5O3S2. The van der Waals surface area contributed by atoms with Crippen molar-refractivity contribution in [3.63, 3.8) is 0 Å². The number of piperazine rings is 1.